The van der Waals surface area contributed by atoms with Crippen LogP contribution < -0.4 is 0 Å². The summed E-state index contributed by atoms with van der Waals surface area (Å²) in [6, 6.07) is 19.9. The molecule has 0 bridgehead atoms. The van der Waals surface area contributed by atoms with Crippen molar-refractivity contribution in [3.05, 3.63) is 71.9 Å². The van der Waals surface area contributed by atoms with Crippen LogP contribution >= 0.6 is 0 Å². The molecule has 0 aliphatic heterocycles. The molecule has 3 aromatic rings. The van der Waals surface area contributed by atoms with Gasteiger partial charge in [0, 0.05) is 16.8 Å². The number of rotatable bonds is 1. The lowest BCUT2D eigenvalue weighted by molar-refractivity contribution is 0.103. The van der Waals surface area contributed by atoms with Crippen LogP contribution in [0.3, 0.4) is 0 Å². The number of hydrogen-bond acceptors (Lipinski definition) is 1. The van der Waals surface area contributed by atoms with Crippen LogP contribution in [0.1, 0.15) is 16.1 Å². The summed E-state index contributed by atoms with van der Waals surface area (Å²) in [4.78, 5) is 15.6. The van der Waals surface area contributed by atoms with E-state index in [1.165, 1.54) is 0 Å². The number of aromatic nitrogens is 1. The summed E-state index contributed by atoms with van der Waals surface area (Å²) in [7, 11) is 0. The van der Waals surface area contributed by atoms with Crippen molar-refractivity contribution in [1.82, 2.24) is 4.98 Å². The van der Waals surface area contributed by atoms with Gasteiger partial charge in [-0.1, -0.05) is 54.6 Å². The smallest absolute Gasteiger partial charge is 0.210 e. The summed E-state index contributed by atoms with van der Waals surface area (Å²) < 4.78 is 0. The number of benzene rings is 2. The van der Waals surface area contributed by atoms with E-state index in [1.807, 2.05) is 54.6 Å². The highest BCUT2D eigenvalue weighted by atomic mass is 16.1. The molecule has 0 saturated carbocycles. The molecule has 4 rings (SSSR count). The van der Waals surface area contributed by atoms with Crippen molar-refractivity contribution in [2.24, 2.45) is 0 Å². The van der Waals surface area contributed by atoms with Gasteiger partial charge in [0.15, 0.2) is 0 Å². The van der Waals surface area contributed by atoms with Gasteiger partial charge >= 0.3 is 0 Å². The summed E-state index contributed by atoms with van der Waals surface area (Å²) in [5.41, 5.74) is 5.64. The Kier molecular flexibility index (Phi) is 2.00. The Morgan fingerprint density at radius 2 is 1.42 bits per heavy atom. The average molecular weight is 245 g/mol. The zero-order chi connectivity index (χ0) is 12.8. The van der Waals surface area contributed by atoms with Gasteiger partial charge in [-0.3, -0.25) is 4.79 Å². The van der Waals surface area contributed by atoms with Crippen LogP contribution in [0.25, 0.3) is 22.4 Å². The van der Waals surface area contributed by atoms with Crippen LogP contribution in [0, 0.1) is 0 Å². The predicted octanol–water partition coefficient (Wildman–Crippen LogP) is 3.89. The Balaban J connectivity index is 1.93. The van der Waals surface area contributed by atoms with Crippen LogP contribution in [0.4, 0.5) is 0 Å². The fourth-order valence-corrected chi connectivity index (χ4v) is 2.67. The number of carbonyl (C=O) groups excluding carboxylic acids is 1. The summed E-state index contributed by atoms with van der Waals surface area (Å²) in [6.45, 7) is 0. The molecule has 0 saturated heterocycles. The Morgan fingerprint density at radius 1 is 0.737 bits per heavy atom. The Hall–Kier alpha value is -2.61. The molecule has 0 unspecified atom stereocenters. The van der Waals surface area contributed by atoms with E-state index in [4.69, 9.17) is 0 Å². The van der Waals surface area contributed by atoms with E-state index in [-0.39, 0.29) is 5.78 Å². The van der Waals surface area contributed by atoms with Crippen molar-refractivity contribution in [3.8, 4) is 22.4 Å². The normalized spacial score (nSPS) is 12.3. The standard InChI is InChI=1S/C17H11NO/c19-17-13-9-5-4-8-12(13)14-10-15(18-16(14)17)11-6-2-1-3-7-11/h1-10,18H. The Bertz CT molecular complexity index is 784. The molecule has 1 aromatic heterocycles. The molecule has 0 radical (unpaired) electrons. The number of fused-ring (bicyclic) bond motifs is 3. The zero-order valence-electron chi connectivity index (χ0n) is 10.2. The molecule has 2 heteroatoms. The number of hydrogen-bond donors (Lipinski definition) is 1. The molecule has 90 valence electrons. The van der Waals surface area contributed by atoms with Crippen molar-refractivity contribution in [2.75, 3.05) is 0 Å². The summed E-state index contributed by atoms with van der Waals surface area (Å²) in [6.07, 6.45) is 0. The molecule has 2 aromatic carbocycles. The van der Waals surface area contributed by atoms with Gasteiger partial charge in [0.05, 0.1) is 5.69 Å². The summed E-state index contributed by atoms with van der Waals surface area (Å²) >= 11 is 0. The predicted molar refractivity (Wildman–Crippen MR) is 75.1 cm³/mol. The first-order chi connectivity index (χ1) is 9.34. The maximum absolute atomic E-state index is 12.3. The van der Waals surface area contributed by atoms with Crippen molar-refractivity contribution in [1.29, 1.82) is 0 Å². The highest BCUT2D eigenvalue weighted by molar-refractivity contribution is 6.21. The number of aromatic amines is 1. The van der Waals surface area contributed by atoms with Crippen LogP contribution in [0.5, 0.6) is 0 Å². The van der Waals surface area contributed by atoms with Crippen LogP contribution in [0.2, 0.25) is 0 Å². The van der Waals surface area contributed by atoms with Crippen LogP contribution in [0.15, 0.2) is 60.7 Å². The molecule has 1 aliphatic carbocycles. The maximum Gasteiger partial charge on any atom is 0.210 e. The fourth-order valence-electron chi connectivity index (χ4n) is 2.67. The van der Waals surface area contributed by atoms with E-state index in [9.17, 15) is 4.79 Å². The Labute approximate surface area is 110 Å². The van der Waals surface area contributed by atoms with Crippen LogP contribution in [-0.4, -0.2) is 10.8 Å². The molecule has 19 heavy (non-hydrogen) atoms. The lowest BCUT2D eigenvalue weighted by atomic mass is 10.1. The first-order valence-electron chi connectivity index (χ1n) is 6.27. The molecular weight excluding hydrogens is 234 g/mol. The molecular formula is C17H11NO. The zero-order valence-corrected chi connectivity index (χ0v) is 10.2. The second kappa shape index (κ2) is 3.69. The maximum atomic E-state index is 12.3. The van der Waals surface area contributed by atoms with Gasteiger partial charge < -0.3 is 4.98 Å². The summed E-state index contributed by atoms with van der Waals surface area (Å²) in [5, 5.41) is 0. The van der Waals surface area contributed by atoms with Crippen molar-refractivity contribution < 1.29 is 4.79 Å². The van der Waals surface area contributed by atoms with E-state index in [2.05, 4.69) is 11.1 Å². The van der Waals surface area contributed by atoms with Crippen LogP contribution in [-0.2, 0) is 0 Å². The number of ketones is 1. The van der Waals surface area contributed by atoms with E-state index in [0.29, 0.717) is 5.69 Å². The third kappa shape index (κ3) is 1.40. The third-order valence-electron chi connectivity index (χ3n) is 3.59. The monoisotopic (exact) mass is 245 g/mol. The van der Waals surface area contributed by atoms with E-state index < -0.39 is 0 Å². The first-order valence-corrected chi connectivity index (χ1v) is 6.27. The highest BCUT2D eigenvalue weighted by Crippen LogP contribution is 2.38. The number of carbonyl (C=O) groups is 1. The first kappa shape index (κ1) is 10.3. The van der Waals surface area contributed by atoms with Gasteiger partial charge in [-0.25, -0.2) is 0 Å². The van der Waals surface area contributed by atoms with Gasteiger partial charge in [-0.15, -0.1) is 0 Å². The van der Waals surface area contributed by atoms with Crippen molar-refractivity contribution in [3.63, 3.8) is 0 Å². The Morgan fingerprint density at radius 3 is 2.21 bits per heavy atom. The second-order valence-electron chi connectivity index (χ2n) is 4.71. The van der Waals surface area contributed by atoms with Gasteiger partial charge in [-0.2, -0.15) is 0 Å². The molecule has 1 heterocycles. The number of nitrogens with one attached hydrogen (secondary N) is 1. The molecule has 0 amide bonds. The summed E-state index contributed by atoms with van der Waals surface area (Å²) in [5.74, 6) is 0.0905. The minimum Gasteiger partial charge on any atom is -0.351 e. The van der Waals surface area contributed by atoms with Gasteiger partial charge in [0.25, 0.3) is 0 Å². The molecule has 1 aliphatic rings. The minimum absolute atomic E-state index is 0.0905. The fraction of sp³-hybridized carbons (Fsp3) is 0. The van der Waals surface area contributed by atoms with Gasteiger partial charge in [-0.05, 0) is 17.2 Å². The molecule has 0 fully saturated rings. The average Bonchev–Trinajstić information content (AvgIpc) is 3.01. The quantitative estimate of drug-likeness (QED) is 0.542. The number of H-pyrrole nitrogens is 1. The molecule has 1 N–H and O–H groups in total. The second-order valence-corrected chi connectivity index (χ2v) is 4.71. The topological polar surface area (TPSA) is 32.9 Å². The van der Waals surface area contributed by atoms with E-state index in [0.717, 1.165) is 27.9 Å². The van der Waals surface area contributed by atoms with Gasteiger partial charge in [0.1, 0.15) is 0 Å². The van der Waals surface area contributed by atoms with Gasteiger partial charge in [0.2, 0.25) is 5.78 Å². The molecule has 0 atom stereocenters. The van der Waals surface area contributed by atoms with E-state index in [1.54, 1.807) is 0 Å². The SMILES string of the molecule is O=C1c2ccccc2-c2cc(-c3ccccc3)[nH]c21. The molecule has 2 nitrogen and oxygen atoms in total. The highest BCUT2D eigenvalue weighted by Gasteiger charge is 2.28. The lowest BCUT2D eigenvalue weighted by Crippen LogP contribution is -1.96. The van der Waals surface area contributed by atoms with Crippen molar-refractivity contribution in [2.45, 2.75) is 0 Å². The molecule has 0 spiro atoms. The van der Waals surface area contributed by atoms with Crippen molar-refractivity contribution >= 4 is 5.78 Å². The largest absolute Gasteiger partial charge is 0.351 e. The van der Waals surface area contributed by atoms with E-state index >= 15 is 0 Å². The minimum atomic E-state index is 0.0905. The lowest BCUT2D eigenvalue weighted by Gasteiger charge is -1.99. The third-order valence-corrected chi connectivity index (χ3v) is 3.59.